The van der Waals surface area contributed by atoms with Crippen molar-refractivity contribution < 1.29 is 24.4 Å². The quantitative estimate of drug-likeness (QED) is 0.528. The maximum absolute atomic E-state index is 12.3. The number of nitrogens with one attached hydrogen (secondary N) is 1. The SMILES string of the molecule is N[C@H]1CCCN(CC(=O)N[C@H]2Cc3cccc(C(=O)O)c3OB2O)C1. The first kappa shape index (κ1) is 17.7. The van der Waals surface area contributed by atoms with Gasteiger partial charge in [-0.05, 0) is 37.4 Å². The zero-order chi connectivity index (χ0) is 18.0. The second kappa shape index (κ2) is 7.43. The Bertz CT molecular complexity index is 671. The summed E-state index contributed by atoms with van der Waals surface area (Å²) in [5, 5.41) is 22.1. The molecule has 0 saturated carbocycles. The van der Waals surface area contributed by atoms with Crippen molar-refractivity contribution in [1.29, 1.82) is 0 Å². The predicted octanol–water partition coefficient (Wildman–Crippen LogP) is -0.753. The Kier molecular flexibility index (Phi) is 5.26. The molecule has 2 aliphatic heterocycles. The van der Waals surface area contributed by atoms with Gasteiger partial charge in [-0.25, -0.2) is 4.79 Å². The van der Waals surface area contributed by atoms with Crippen molar-refractivity contribution in [2.24, 2.45) is 5.73 Å². The van der Waals surface area contributed by atoms with Crippen LogP contribution in [-0.4, -0.2) is 65.6 Å². The minimum Gasteiger partial charge on any atom is -0.534 e. The number of carboxylic acids is 1. The van der Waals surface area contributed by atoms with E-state index in [1.807, 2.05) is 4.90 Å². The zero-order valence-electron chi connectivity index (χ0n) is 13.9. The van der Waals surface area contributed by atoms with E-state index in [9.17, 15) is 19.7 Å². The smallest absolute Gasteiger partial charge is 0.534 e. The van der Waals surface area contributed by atoms with Crippen LogP contribution in [0.2, 0.25) is 0 Å². The number of nitrogens with zero attached hydrogens (tertiary/aromatic N) is 1. The highest BCUT2D eigenvalue weighted by atomic mass is 16.5. The molecule has 1 fully saturated rings. The van der Waals surface area contributed by atoms with Gasteiger partial charge < -0.3 is 25.8 Å². The molecule has 8 nitrogen and oxygen atoms in total. The highest BCUT2D eigenvalue weighted by Crippen LogP contribution is 2.30. The molecule has 1 aromatic carbocycles. The summed E-state index contributed by atoms with van der Waals surface area (Å²) < 4.78 is 5.37. The molecule has 1 amide bonds. The fraction of sp³-hybridized carbons (Fsp3) is 0.500. The van der Waals surface area contributed by atoms with Crippen LogP contribution in [0.4, 0.5) is 0 Å². The van der Waals surface area contributed by atoms with Gasteiger partial charge in [0, 0.05) is 12.6 Å². The number of carbonyl (C=O) groups excluding carboxylic acids is 1. The minimum absolute atomic E-state index is 0.00336. The molecule has 3 rings (SSSR count). The van der Waals surface area contributed by atoms with Crippen LogP contribution >= 0.6 is 0 Å². The van der Waals surface area contributed by atoms with E-state index >= 15 is 0 Å². The van der Waals surface area contributed by atoms with Crippen molar-refractivity contribution >= 4 is 19.0 Å². The number of para-hydroxylation sites is 1. The maximum atomic E-state index is 12.3. The number of hydrogen-bond donors (Lipinski definition) is 4. The molecule has 2 aliphatic rings. The van der Waals surface area contributed by atoms with E-state index in [1.165, 1.54) is 6.07 Å². The second-order valence-corrected chi connectivity index (χ2v) is 6.62. The van der Waals surface area contributed by atoms with Gasteiger partial charge in [-0.15, -0.1) is 0 Å². The summed E-state index contributed by atoms with van der Waals surface area (Å²) in [6.45, 7) is 1.73. The standard InChI is InChI=1S/C16H22BN3O5/c18-11-4-2-6-20(8-11)9-14(21)19-13-7-10-3-1-5-12(16(22)23)15(10)25-17(13)24/h1,3,5,11,13,24H,2,4,6-9,18H2,(H,19,21)(H,22,23)/t11-,13-/m0/s1. The summed E-state index contributed by atoms with van der Waals surface area (Å²) in [5.74, 6) is -1.79. The van der Waals surface area contributed by atoms with Gasteiger partial charge >= 0.3 is 13.1 Å². The van der Waals surface area contributed by atoms with Crippen molar-refractivity contribution in [3.8, 4) is 5.75 Å². The molecule has 134 valence electrons. The monoisotopic (exact) mass is 347 g/mol. The Morgan fingerprint density at radius 3 is 2.96 bits per heavy atom. The zero-order valence-corrected chi connectivity index (χ0v) is 13.9. The lowest BCUT2D eigenvalue weighted by Crippen LogP contribution is -2.55. The van der Waals surface area contributed by atoms with Crippen LogP contribution in [0.3, 0.4) is 0 Å². The largest absolute Gasteiger partial charge is 0.547 e. The Labute approximate surface area is 146 Å². The normalized spacial score (nSPS) is 23.5. The summed E-state index contributed by atoms with van der Waals surface area (Å²) >= 11 is 0. The lowest BCUT2D eigenvalue weighted by molar-refractivity contribution is -0.122. The molecule has 0 spiro atoms. The Balaban J connectivity index is 1.63. The molecule has 1 saturated heterocycles. The molecular weight excluding hydrogens is 325 g/mol. The van der Waals surface area contributed by atoms with Crippen LogP contribution in [-0.2, 0) is 11.2 Å². The van der Waals surface area contributed by atoms with Crippen LogP contribution in [0.5, 0.6) is 5.75 Å². The van der Waals surface area contributed by atoms with Crippen LogP contribution in [0, 0.1) is 0 Å². The fourth-order valence-electron chi connectivity index (χ4n) is 3.41. The average molecular weight is 347 g/mol. The second-order valence-electron chi connectivity index (χ2n) is 6.62. The summed E-state index contributed by atoms with van der Waals surface area (Å²) in [5.41, 5.74) is 6.57. The Morgan fingerprint density at radius 2 is 2.24 bits per heavy atom. The van der Waals surface area contributed by atoms with E-state index < -0.39 is 19.0 Å². The van der Waals surface area contributed by atoms with Crippen LogP contribution < -0.4 is 15.7 Å². The van der Waals surface area contributed by atoms with E-state index in [4.69, 9.17) is 10.4 Å². The Morgan fingerprint density at radius 1 is 1.44 bits per heavy atom. The van der Waals surface area contributed by atoms with Gasteiger partial charge in [-0.1, -0.05) is 12.1 Å². The molecular formula is C16H22BN3O5. The molecule has 0 bridgehead atoms. The lowest BCUT2D eigenvalue weighted by Gasteiger charge is -2.32. The van der Waals surface area contributed by atoms with Gasteiger partial charge in [0.25, 0.3) is 0 Å². The van der Waals surface area contributed by atoms with Crippen molar-refractivity contribution in [2.45, 2.75) is 31.2 Å². The first-order valence-electron chi connectivity index (χ1n) is 8.41. The number of carboxylic acid groups (broad SMARTS) is 1. The molecule has 9 heteroatoms. The summed E-state index contributed by atoms with van der Waals surface area (Å²) in [4.78, 5) is 25.5. The lowest BCUT2D eigenvalue weighted by atomic mass is 9.72. The van der Waals surface area contributed by atoms with Crippen molar-refractivity contribution in [2.75, 3.05) is 19.6 Å². The minimum atomic E-state index is -1.29. The number of likely N-dealkylation sites (tertiary alicyclic amines) is 1. The fourth-order valence-corrected chi connectivity index (χ4v) is 3.41. The van der Waals surface area contributed by atoms with Gasteiger partial charge in [-0.2, -0.15) is 0 Å². The van der Waals surface area contributed by atoms with Gasteiger partial charge in [0.05, 0.1) is 18.0 Å². The number of aromatic carboxylic acids is 1. The molecule has 2 heterocycles. The van der Waals surface area contributed by atoms with E-state index in [0.29, 0.717) is 18.5 Å². The summed E-state index contributed by atoms with van der Waals surface area (Å²) in [6.07, 6.45) is 2.24. The van der Waals surface area contributed by atoms with Crippen LogP contribution in [0.25, 0.3) is 0 Å². The highest BCUT2D eigenvalue weighted by Gasteiger charge is 2.37. The van der Waals surface area contributed by atoms with E-state index in [-0.39, 0.29) is 29.8 Å². The first-order valence-corrected chi connectivity index (χ1v) is 8.41. The van der Waals surface area contributed by atoms with Crippen molar-refractivity contribution in [3.05, 3.63) is 29.3 Å². The molecule has 5 N–H and O–H groups in total. The third-order valence-corrected chi connectivity index (χ3v) is 4.61. The summed E-state index contributed by atoms with van der Waals surface area (Å²) in [6, 6.07) is 4.87. The first-order chi connectivity index (χ1) is 11.9. The number of benzene rings is 1. The van der Waals surface area contributed by atoms with E-state index in [1.54, 1.807) is 12.1 Å². The highest BCUT2D eigenvalue weighted by molar-refractivity contribution is 6.47. The van der Waals surface area contributed by atoms with Gasteiger partial charge in [0.2, 0.25) is 5.91 Å². The summed E-state index contributed by atoms with van der Waals surface area (Å²) in [7, 11) is -1.29. The molecule has 25 heavy (non-hydrogen) atoms. The number of carbonyl (C=O) groups is 2. The topological polar surface area (TPSA) is 125 Å². The van der Waals surface area contributed by atoms with E-state index in [0.717, 1.165) is 19.4 Å². The number of nitrogens with two attached hydrogens (primary N) is 1. The maximum Gasteiger partial charge on any atom is 0.547 e. The van der Waals surface area contributed by atoms with Crippen LogP contribution in [0.15, 0.2) is 18.2 Å². The molecule has 0 aliphatic carbocycles. The average Bonchev–Trinajstić information content (AvgIpc) is 2.54. The van der Waals surface area contributed by atoms with Crippen LogP contribution in [0.1, 0.15) is 28.8 Å². The molecule has 2 atom stereocenters. The van der Waals surface area contributed by atoms with Crippen molar-refractivity contribution in [1.82, 2.24) is 10.2 Å². The molecule has 0 unspecified atom stereocenters. The van der Waals surface area contributed by atoms with Crippen molar-refractivity contribution in [3.63, 3.8) is 0 Å². The number of piperidine rings is 1. The van der Waals surface area contributed by atoms with E-state index in [2.05, 4.69) is 5.32 Å². The predicted molar refractivity (Wildman–Crippen MR) is 91.3 cm³/mol. The number of fused-ring (bicyclic) bond motifs is 1. The third-order valence-electron chi connectivity index (χ3n) is 4.61. The number of rotatable bonds is 4. The molecule has 0 aromatic heterocycles. The van der Waals surface area contributed by atoms with Gasteiger partial charge in [0.1, 0.15) is 5.75 Å². The molecule has 1 aromatic rings. The number of hydrogen-bond acceptors (Lipinski definition) is 6. The van der Waals surface area contributed by atoms with Gasteiger partial charge in [-0.3, -0.25) is 9.69 Å². The third kappa shape index (κ3) is 4.12. The Hall–Kier alpha value is -2.10. The molecule has 0 radical (unpaired) electrons. The number of amides is 1. The van der Waals surface area contributed by atoms with Gasteiger partial charge in [0.15, 0.2) is 0 Å².